The van der Waals surface area contributed by atoms with Gasteiger partial charge in [0.1, 0.15) is 0 Å². The van der Waals surface area contributed by atoms with Gasteiger partial charge in [-0.1, -0.05) is 109 Å². The molecule has 0 saturated carbocycles. The Hall–Kier alpha value is -9.45. The third kappa shape index (κ3) is 6.47. The van der Waals surface area contributed by atoms with E-state index in [-0.39, 0.29) is 0 Å². The molecule has 2 N–H and O–H groups in total. The number of rotatable bonds is 7. The van der Waals surface area contributed by atoms with Gasteiger partial charge in [-0.05, 0) is 197 Å². The average Bonchev–Trinajstić information content (AvgIpc) is 4.25. The zero-order valence-electron chi connectivity index (χ0n) is 41.5. The number of nitrogens with one attached hydrogen (secondary N) is 2. The lowest BCUT2D eigenvalue weighted by atomic mass is 9.74. The second-order valence-electron chi connectivity index (χ2n) is 20.7. The van der Waals surface area contributed by atoms with Gasteiger partial charge in [-0.15, -0.1) is 0 Å². The smallest absolute Gasteiger partial charge is 0.0579 e. The van der Waals surface area contributed by atoms with Gasteiger partial charge in [0.05, 0.1) is 27.6 Å². The summed E-state index contributed by atoms with van der Waals surface area (Å²) >= 11 is 0. The van der Waals surface area contributed by atoms with Crippen molar-refractivity contribution in [3.63, 3.8) is 0 Å². The van der Waals surface area contributed by atoms with Crippen molar-refractivity contribution in [1.82, 2.24) is 19.1 Å². The number of aryl methyl sites for hydroxylation is 5. The van der Waals surface area contributed by atoms with E-state index in [4.69, 9.17) is 0 Å². The average molecular weight is 960 g/mol. The van der Waals surface area contributed by atoms with Gasteiger partial charge < -0.3 is 19.4 Å². The Morgan fingerprint density at radius 1 is 0.427 bits per heavy atom. The Labute approximate surface area is 434 Å². The number of anilines is 2. The molecule has 2 aliphatic rings. The zero-order valence-corrected chi connectivity index (χ0v) is 41.5. The standard InChI is InChI=1S/C70H49N5/c1-42-35-52(33-34-71-42)75-66-32-26-47(46-25-31-65-58(38-46)53-19-11-12-20-64(53)74(65)51-17-9-4-10-18-51)39-59(66)61-41-49-21-27-54-67-48(22-28-55(68(49)67)70(61)75)40-60-57-37-45(24-30-63(57)73-69(54)60)44-23-29-62(72-50-15-7-3-8-16-50)56(36-44)43-13-5-2-6-14-43/h2-20,23-26,29-41,72-73H,21-22,27-28H2,1H3. The van der Waals surface area contributed by atoms with E-state index in [0.29, 0.717) is 0 Å². The molecular formula is C70H49N5. The molecule has 0 aliphatic heterocycles. The van der Waals surface area contributed by atoms with E-state index in [1.807, 2.05) is 6.20 Å². The van der Waals surface area contributed by atoms with Crippen LogP contribution in [0.1, 0.15) is 27.9 Å². The molecule has 0 atom stereocenters. The lowest BCUT2D eigenvalue weighted by Gasteiger charge is -2.31. The van der Waals surface area contributed by atoms with Crippen LogP contribution in [0.25, 0.3) is 121 Å². The third-order valence-electron chi connectivity index (χ3n) is 16.5. The van der Waals surface area contributed by atoms with Crippen LogP contribution in [0.4, 0.5) is 11.4 Å². The van der Waals surface area contributed by atoms with Gasteiger partial charge in [-0.3, -0.25) is 4.98 Å². The minimum atomic E-state index is 0.978. The number of hydrogen-bond acceptors (Lipinski definition) is 2. The van der Waals surface area contributed by atoms with Crippen LogP contribution in [0.5, 0.6) is 0 Å². The summed E-state index contributed by atoms with van der Waals surface area (Å²) in [5.74, 6) is 0. The molecule has 0 spiro atoms. The fourth-order valence-electron chi connectivity index (χ4n) is 13.2. The molecule has 4 aromatic heterocycles. The predicted molar refractivity (Wildman–Crippen MR) is 313 cm³/mol. The summed E-state index contributed by atoms with van der Waals surface area (Å²) in [5.41, 5.74) is 29.0. The topological polar surface area (TPSA) is 50.6 Å². The number of hydrogen-bond donors (Lipinski definition) is 2. The van der Waals surface area contributed by atoms with E-state index in [2.05, 4.69) is 244 Å². The highest BCUT2D eigenvalue weighted by Gasteiger charge is 2.32. The van der Waals surface area contributed by atoms with Crippen molar-refractivity contribution in [2.24, 2.45) is 0 Å². The maximum atomic E-state index is 4.67. The quantitative estimate of drug-likeness (QED) is 0.167. The first-order valence-corrected chi connectivity index (χ1v) is 26.4. The van der Waals surface area contributed by atoms with Gasteiger partial charge in [0.2, 0.25) is 0 Å². The predicted octanol–water partition coefficient (Wildman–Crippen LogP) is 17.8. The molecule has 0 bridgehead atoms. The van der Waals surface area contributed by atoms with Crippen LogP contribution >= 0.6 is 0 Å². The van der Waals surface area contributed by atoms with E-state index < -0.39 is 0 Å². The highest BCUT2D eigenvalue weighted by atomic mass is 15.0. The molecule has 0 fully saturated rings. The molecule has 4 heterocycles. The van der Waals surface area contributed by atoms with Gasteiger partial charge in [0, 0.05) is 78.0 Å². The first-order valence-electron chi connectivity index (χ1n) is 26.4. The van der Waals surface area contributed by atoms with Crippen molar-refractivity contribution in [1.29, 1.82) is 0 Å². The number of para-hydroxylation sites is 3. The Morgan fingerprint density at radius 2 is 1.03 bits per heavy atom. The fourth-order valence-corrected chi connectivity index (χ4v) is 13.2. The molecule has 16 rings (SSSR count). The SMILES string of the molecule is Cc1cc(-n2c3ccc(-c4ccc5c(c4)c4ccccc4n5-c4ccccc4)cc3c3cc4c5c(c32)CCc2cc3c([nH]c6ccc(-c7ccc(Nc8ccccc8)c(-c8ccccc8)c7)cc63)c(c2-5)CC4)ccn1. The monoisotopic (exact) mass is 959 g/mol. The first kappa shape index (κ1) is 42.1. The number of fused-ring (bicyclic) bond motifs is 11. The van der Waals surface area contributed by atoms with Crippen LogP contribution < -0.4 is 5.32 Å². The maximum absolute atomic E-state index is 4.67. The van der Waals surface area contributed by atoms with Gasteiger partial charge in [0.25, 0.3) is 0 Å². The van der Waals surface area contributed by atoms with Crippen LogP contribution in [-0.4, -0.2) is 19.1 Å². The number of aromatic amines is 1. The van der Waals surface area contributed by atoms with Crippen LogP contribution in [0, 0.1) is 6.92 Å². The normalized spacial score (nSPS) is 12.9. The van der Waals surface area contributed by atoms with E-state index in [1.165, 1.54) is 138 Å². The number of nitrogens with zero attached hydrogens (tertiary/aromatic N) is 3. The molecule has 10 aromatic carbocycles. The minimum absolute atomic E-state index is 0.978. The summed E-state index contributed by atoms with van der Waals surface area (Å²) in [6.07, 6.45) is 5.93. The Balaban J connectivity index is 0.844. The summed E-state index contributed by atoms with van der Waals surface area (Å²) in [6.45, 7) is 2.10. The summed E-state index contributed by atoms with van der Waals surface area (Å²) in [4.78, 5) is 8.66. The molecular weight excluding hydrogens is 911 g/mol. The maximum Gasteiger partial charge on any atom is 0.0579 e. The molecule has 5 heteroatoms. The molecule has 75 heavy (non-hydrogen) atoms. The van der Waals surface area contributed by atoms with E-state index in [1.54, 1.807) is 0 Å². The molecule has 14 aromatic rings. The fraction of sp³-hybridized carbons (Fsp3) is 0.0714. The van der Waals surface area contributed by atoms with E-state index >= 15 is 0 Å². The number of H-pyrrole nitrogens is 1. The molecule has 2 aliphatic carbocycles. The summed E-state index contributed by atoms with van der Waals surface area (Å²) < 4.78 is 4.94. The highest BCUT2D eigenvalue weighted by molar-refractivity contribution is 6.17. The Kier molecular flexibility index (Phi) is 9.14. The molecule has 0 amide bonds. The highest BCUT2D eigenvalue weighted by Crippen LogP contribution is 2.51. The second kappa shape index (κ2) is 16.3. The van der Waals surface area contributed by atoms with Crippen LogP contribution in [0.3, 0.4) is 0 Å². The van der Waals surface area contributed by atoms with Crippen molar-refractivity contribution in [2.45, 2.75) is 32.6 Å². The van der Waals surface area contributed by atoms with Crippen molar-refractivity contribution in [3.05, 3.63) is 246 Å². The molecule has 354 valence electrons. The van der Waals surface area contributed by atoms with E-state index in [9.17, 15) is 0 Å². The lowest BCUT2D eigenvalue weighted by molar-refractivity contribution is 0.885. The first-order chi connectivity index (χ1) is 37.1. The van der Waals surface area contributed by atoms with Crippen LogP contribution in [-0.2, 0) is 25.7 Å². The van der Waals surface area contributed by atoms with Gasteiger partial charge in [-0.25, -0.2) is 0 Å². The number of aromatic nitrogens is 4. The van der Waals surface area contributed by atoms with Crippen LogP contribution in [0.2, 0.25) is 0 Å². The number of benzene rings is 10. The molecule has 0 unspecified atom stereocenters. The second-order valence-corrected chi connectivity index (χ2v) is 20.7. The third-order valence-corrected chi connectivity index (χ3v) is 16.5. The van der Waals surface area contributed by atoms with E-state index in [0.717, 1.165) is 48.4 Å². The van der Waals surface area contributed by atoms with Crippen molar-refractivity contribution >= 4 is 76.8 Å². The van der Waals surface area contributed by atoms with Gasteiger partial charge >= 0.3 is 0 Å². The van der Waals surface area contributed by atoms with Crippen molar-refractivity contribution in [2.75, 3.05) is 5.32 Å². The van der Waals surface area contributed by atoms with Crippen molar-refractivity contribution in [3.8, 4) is 55.9 Å². The summed E-state index contributed by atoms with van der Waals surface area (Å²) in [7, 11) is 0. The zero-order chi connectivity index (χ0) is 49.3. The lowest BCUT2D eigenvalue weighted by Crippen LogP contribution is -2.15. The van der Waals surface area contributed by atoms with Crippen molar-refractivity contribution < 1.29 is 0 Å². The molecule has 5 nitrogen and oxygen atoms in total. The number of pyridine rings is 1. The van der Waals surface area contributed by atoms with Gasteiger partial charge in [0.15, 0.2) is 0 Å². The minimum Gasteiger partial charge on any atom is -0.355 e. The largest absolute Gasteiger partial charge is 0.355 e. The Bertz CT molecular complexity index is 4670. The van der Waals surface area contributed by atoms with Gasteiger partial charge in [-0.2, -0.15) is 0 Å². The molecule has 0 saturated heterocycles. The summed E-state index contributed by atoms with van der Waals surface area (Å²) in [5, 5.41) is 11.5. The van der Waals surface area contributed by atoms with Crippen LogP contribution in [0.15, 0.2) is 219 Å². The molecule has 0 radical (unpaired) electrons. The Morgan fingerprint density at radius 3 is 1.80 bits per heavy atom. The summed E-state index contributed by atoms with van der Waals surface area (Å²) in [6, 6.07) is 78.3.